The molecule has 2 N–H and O–H groups in total. The smallest absolute Gasteiger partial charge is 0.407 e. The van der Waals surface area contributed by atoms with Crippen molar-refractivity contribution in [3.05, 3.63) is 29.6 Å². The summed E-state index contributed by atoms with van der Waals surface area (Å²) in [5.74, 6) is -1.09. The molecular formula is C12H15ClFNO3. The molecule has 1 aliphatic rings. The van der Waals surface area contributed by atoms with Gasteiger partial charge in [0.2, 0.25) is 0 Å². The molecule has 0 bridgehead atoms. The number of ether oxygens (including phenoxy) is 1. The highest BCUT2D eigenvalue weighted by Gasteiger charge is 2.38. The van der Waals surface area contributed by atoms with Gasteiger partial charge in [-0.05, 0) is 17.7 Å². The van der Waals surface area contributed by atoms with Crippen molar-refractivity contribution >= 4 is 18.5 Å². The SMILES string of the molecule is CC1(C)COC(=O)N[C@@H]1c1ccc(O)c(F)c1.Cl. The zero-order chi connectivity index (χ0) is 12.6. The van der Waals surface area contributed by atoms with Crippen LogP contribution >= 0.6 is 12.4 Å². The second-order valence-corrected chi connectivity index (χ2v) is 4.85. The number of halogens is 2. The number of phenolic OH excluding ortho intramolecular Hbond substituents is 1. The van der Waals surface area contributed by atoms with E-state index in [0.717, 1.165) is 0 Å². The number of hydrogen-bond acceptors (Lipinski definition) is 3. The summed E-state index contributed by atoms with van der Waals surface area (Å²) >= 11 is 0. The van der Waals surface area contributed by atoms with E-state index in [0.29, 0.717) is 5.56 Å². The molecule has 0 radical (unpaired) electrons. The van der Waals surface area contributed by atoms with E-state index in [2.05, 4.69) is 5.32 Å². The predicted molar refractivity (Wildman–Crippen MR) is 66.3 cm³/mol. The average molecular weight is 276 g/mol. The molecule has 0 aromatic heterocycles. The largest absolute Gasteiger partial charge is 0.505 e. The summed E-state index contributed by atoms with van der Waals surface area (Å²) in [7, 11) is 0. The van der Waals surface area contributed by atoms with E-state index in [9.17, 15) is 9.18 Å². The Morgan fingerprint density at radius 2 is 2.17 bits per heavy atom. The second kappa shape index (κ2) is 5.02. The third kappa shape index (κ3) is 2.67. The molecule has 6 heteroatoms. The van der Waals surface area contributed by atoms with E-state index in [1.165, 1.54) is 12.1 Å². The van der Waals surface area contributed by atoms with E-state index in [-0.39, 0.29) is 30.5 Å². The Kier molecular flexibility index (Phi) is 4.06. The second-order valence-electron chi connectivity index (χ2n) is 4.85. The van der Waals surface area contributed by atoms with Gasteiger partial charge in [0.05, 0.1) is 6.04 Å². The van der Waals surface area contributed by atoms with E-state index in [4.69, 9.17) is 9.84 Å². The van der Waals surface area contributed by atoms with Gasteiger partial charge in [-0.15, -0.1) is 12.4 Å². The summed E-state index contributed by atoms with van der Waals surface area (Å²) in [6.07, 6.45) is -0.511. The highest BCUT2D eigenvalue weighted by Crippen LogP contribution is 2.37. The van der Waals surface area contributed by atoms with Gasteiger partial charge in [-0.2, -0.15) is 0 Å². The normalized spacial score (nSPS) is 21.5. The Morgan fingerprint density at radius 1 is 1.50 bits per heavy atom. The van der Waals surface area contributed by atoms with Gasteiger partial charge < -0.3 is 15.2 Å². The number of phenols is 1. The van der Waals surface area contributed by atoms with E-state index in [1.807, 2.05) is 13.8 Å². The molecule has 0 spiro atoms. The van der Waals surface area contributed by atoms with Crippen LogP contribution in [0.15, 0.2) is 18.2 Å². The van der Waals surface area contributed by atoms with Crippen molar-refractivity contribution in [2.24, 2.45) is 5.41 Å². The highest BCUT2D eigenvalue weighted by molar-refractivity contribution is 5.85. The van der Waals surface area contributed by atoms with Crippen LogP contribution in [0.25, 0.3) is 0 Å². The van der Waals surface area contributed by atoms with E-state index >= 15 is 0 Å². The number of aromatic hydroxyl groups is 1. The van der Waals surface area contributed by atoms with Crippen molar-refractivity contribution in [3.8, 4) is 5.75 Å². The van der Waals surface area contributed by atoms with Gasteiger partial charge in [0.1, 0.15) is 6.61 Å². The average Bonchev–Trinajstić information content (AvgIpc) is 2.26. The van der Waals surface area contributed by atoms with Crippen LogP contribution in [0.1, 0.15) is 25.5 Å². The molecule has 4 nitrogen and oxygen atoms in total. The molecule has 1 heterocycles. The van der Waals surface area contributed by atoms with Crippen molar-refractivity contribution in [2.75, 3.05) is 6.61 Å². The summed E-state index contributed by atoms with van der Waals surface area (Å²) in [5.41, 5.74) is 0.277. The van der Waals surface area contributed by atoms with Gasteiger partial charge in [0, 0.05) is 5.41 Å². The minimum absolute atomic E-state index is 0. The molecule has 1 saturated heterocycles. The topological polar surface area (TPSA) is 58.6 Å². The molecule has 1 aromatic rings. The van der Waals surface area contributed by atoms with Gasteiger partial charge in [0.25, 0.3) is 0 Å². The Balaban J connectivity index is 0.00000162. The summed E-state index contributed by atoms with van der Waals surface area (Å²) in [6, 6.07) is 3.77. The van der Waals surface area contributed by atoms with Crippen molar-refractivity contribution in [1.29, 1.82) is 0 Å². The molecule has 18 heavy (non-hydrogen) atoms. The van der Waals surface area contributed by atoms with Crippen LogP contribution in [0.5, 0.6) is 5.75 Å². The molecule has 1 aromatic carbocycles. The van der Waals surface area contributed by atoms with Gasteiger partial charge in [-0.3, -0.25) is 0 Å². The maximum Gasteiger partial charge on any atom is 0.407 e. The summed E-state index contributed by atoms with van der Waals surface area (Å²) in [6.45, 7) is 4.11. The van der Waals surface area contributed by atoms with Crippen molar-refractivity contribution in [2.45, 2.75) is 19.9 Å². The van der Waals surface area contributed by atoms with Crippen molar-refractivity contribution < 1.29 is 19.0 Å². The minimum Gasteiger partial charge on any atom is -0.505 e. The zero-order valence-corrected chi connectivity index (χ0v) is 10.9. The van der Waals surface area contributed by atoms with E-state index < -0.39 is 17.7 Å². The monoisotopic (exact) mass is 275 g/mol. The molecule has 100 valence electrons. The van der Waals surface area contributed by atoms with Crippen LogP contribution in [0, 0.1) is 11.2 Å². The third-order valence-electron chi connectivity index (χ3n) is 2.92. The Morgan fingerprint density at radius 3 is 2.78 bits per heavy atom. The fourth-order valence-corrected chi connectivity index (χ4v) is 1.93. The highest BCUT2D eigenvalue weighted by atomic mass is 35.5. The molecule has 0 saturated carbocycles. The standard InChI is InChI=1S/C12H14FNO3.ClH/c1-12(2)6-17-11(16)14-10(12)7-3-4-9(15)8(13)5-7;/h3-5,10,15H,6H2,1-2H3,(H,14,16);1H/t10-;/m1./s1. The van der Waals surface area contributed by atoms with Crippen LogP contribution in [0.3, 0.4) is 0 Å². The number of benzene rings is 1. The molecule has 0 unspecified atom stereocenters. The summed E-state index contributed by atoms with van der Waals surface area (Å²) in [4.78, 5) is 11.2. The molecule has 1 aliphatic heterocycles. The molecule has 2 rings (SSSR count). The number of nitrogens with one attached hydrogen (secondary N) is 1. The number of amides is 1. The molecule has 0 aliphatic carbocycles. The number of alkyl carbamates (subject to hydrolysis) is 1. The Hall–Kier alpha value is -1.49. The maximum absolute atomic E-state index is 13.3. The van der Waals surface area contributed by atoms with Gasteiger partial charge >= 0.3 is 6.09 Å². The number of hydrogen-bond donors (Lipinski definition) is 2. The molecule has 1 fully saturated rings. The number of rotatable bonds is 1. The van der Waals surface area contributed by atoms with Gasteiger partial charge in [-0.1, -0.05) is 19.9 Å². The Bertz CT molecular complexity index is 465. The zero-order valence-electron chi connectivity index (χ0n) is 10.1. The quantitative estimate of drug-likeness (QED) is 0.828. The van der Waals surface area contributed by atoms with Crippen LogP contribution in [0.2, 0.25) is 0 Å². The number of cyclic esters (lactones) is 1. The first kappa shape index (κ1) is 14.6. The Labute approximate surface area is 111 Å². The van der Waals surface area contributed by atoms with Crippen LogP contribution in [0.4, 0.5) is 9.18 Å². The van der Waals surface area contributed by atoms with Crippen LogP contribution in [-0.2, 0) is 4.74 Å². The van der Waals surface area contributed by atoms with E-state index in [1.54, 1.807) is 6.07 Å². The first-order chi connectivity index (χ1) is 7.90. The molecule has 1 atom stereocenters. The first-order valence-corrected chi connectivity index (χ1v) is 5.32. The fourth-order valence-electron chi connectivity index (χ4n) is 1.93. The fraction of sp³-hybridized carbons (Fsp3) is 0.417. The molecule has 1 amide bonds. The lowest BCUT2D eigenvalue weighted by Gasteiger charge is -2.38. The minimum atomic E-state index is -0.695. The lowest BCUT2D eigenvalue weighted by molar-refractivity contribution is 0.0386. The van der Waals surface area contributed by atoms with Crippen LogP contribution in [-0.4, -0.2) is 17.8 Å². The van der Waals surface area contributed by atoms with Gasteiger partial charge in [-0.25, -0.2) is 9.18 Å². The molecular weight excluding hydrogens is 261 g/mol. The van der Waals surface area contributed by atoms with Gasteiger partial charge in [0.15, 0.2) is 11.6 Å². The first-order valence-electron chi connectivity index (χ1n) is 5.32. The predicted octanol–water partition coefficient (Wildman–Crippen LogP) is 2.76. The van der Waals surface area contributed by atoms with Crippen molar-refractivity contribution in [3.63, 3.8) is 0 Å². The maximum atomic E-state index is 13.3. The number of carbonyl (C=O) groups excluding carboxylic acids is 1. The summed E-state index contributed by atoms with van der Waals surface area (Å²) < 4.78 is 18.2. The third-order valence-corrected chi connectivity index (χ3v) is 2.92. The van der Waals surface area contributed by atoms with Crippen LogP contribution < -0.4 is 5.32 Å². The van der Waals surface area contributed by atoms with Crippen molar-refractivity contribution in [1.82, 2.24) is 5.32 Å². The number of carbonyl (C=O) groups is 1. The lowest BCUT2D eigenvalue weighted by Crippen LogP contribution is -2.46. The summed E-state index contributed by atoms with van der Waals surface area (Å²) in [5, 5.41) is 11.8. The lowest BCUT2D eigenvalue weighted by atomic mass is 9.80.